The van der Waals surface area contributed by atoms with E-state index in [1.165, 1.54) is 18.2 Å². The van der Waals surface area contributed by atoms with Gasteiger partial charge in [-0.1, -0.05) is 0 Å². The van der Waals surface area contributed by atoms with Gasteiger partial charge in [0.1, 0.15) is 0 Å². The zero-order valence-corrected chi connectivity index (χ0v) is 12.7. The predicted octanol–water partition coefficient (Wildman–Crippen LogP) is 1.87. The third-order valence-electron chi connectivity index (χ3n) is 4.15. The second-order valence-corrected chi connectivity index (χ2v) is 6.33. The van der Waals surface area contributed by atoms with Crippen molar-refractivity contribution >= 4 is 17.5 Å². The molecule has 0 aromatic heterocycles. The molecule has 0 saturated heterocycles. The van der Waals surface area contributed by atoms with Crippen LogP contribution in [0.5, 0.6) is 0 Å². The highest BCUT2D eigenvalue weighted by Crippen LogP contribution is 2.28. The number of nitro groups is 1. The molecule has 2 aliphatic carbocycles. The van der Waals surface area contributed by atoms with E-state index in [2.05, 4.69) is 10.6 Å². The molecule has 3 rings (SSSR count). The summed E-state index contributed by atoms with van der Waals surface area (Å²) in [5.74, 6) is 0.270. The first-order valence-electron chi connectivity index (χ1n) is 7.89. The largest absolute Gasteiger partial charge is 0.352 e. The molecule has 2 aliphatic rings. The van der Waals surface area contributed by atoms with Gasteiger partial charge in [0.2, 0.25) is 0 Å². The number of nitro benzene ring substituents is 1. The lowest BCUT2D eigenvalue weighted by atomic mass is 10.1. The van der Waals surface area contributed by atoms with Gasteiger partial charge >= 0.3 is 0 Å². The van der Waals surface area contributed by atoms with E-state index >= 15 is 0 Å². The number of carbonyl (C=O) groups is 2. The zero-order valence-electron chi connectivity index (χ0n) is 12.7. The quantitative estimate of drug-likeness (QED) is 0.592. The van der Waals surface area contributed by atoms with E-state index in [-0.39, 0.29) is 28.6 Å². The number of rotatable bonds is 7. The molecule has 0 radical (unpaired) electrons. The van der Waals surface area contributed by atoms with E-state index in [0.717, 1.165) is 25.7 Å². The fourth-order valence-corrected chi connectivity index (χ4v) is 2.30. The van der Waals surface area contributed by atoms with E-state index in [1.807, 2.05) is 0 Å². The minimum atomic E-state index is -0.588. The maximum atomic E-state index is 12.1. The molecule has 1 aromatic rings. The third-order valence-corrected chi connectivity index (χ3v) is 4.15. The van der Waals surface area contributed by atoms with Crippen LogP contribution in [0.1, 0.15) is 46.4 Å². The summed E-state index contributed by atoms with van der Waals surface area (Å²) in [7, 11) is 0. The van der Waals surface area contributed by atoms with Crippen LogP contribution >= 0.6 is 0 Å². The summed E-state index contributed by atoms with van der Waals surface area (Å²) in [5.41, 5.74) is 0.0495. The normalized spacial score (nSPS) is 16.7. The fraction of sp³-hybridized carbons (Fsp3) is 0.500. The van der Waals surface area contributed by atoms with Crippen molar-refractivity contribution < 1.29 is 14.5 Å². The van der Waals surface area contributed by atoms with Gasteiger partial charge in [0.05, 0.1) is 4.92 Å². The number of non-ortho nitro benzene ring substituents is 1. The first-order valence-corrected chi connectivity index (χ1v) is 7.89. The van der Waals surface area contributed by atoms with Crippen LogP contribution in [0.15, 0.2) is 18.2 Å². The highest BCUT2D eigenvalue weighted by Gasteiger charge is 2.24. The van der Waals surface area contributed by atoms with Crippen molar-refractivity contribution in [3.8, 4) is 0 Å². The molecule has 1 aromatic carbocycles. The van der Waals surface area contributed by atoms with Crippen LogP contribution in [0.4, 0.5) is 5.69 Å². The van der Waals surface area contributed by atoms with Gasteiger partial charge < -0.3 is 10.6 Å². The smallest absolute Gasteiger partial charge is 0.271 e. The Morgan fingerprint density at radius 3 is 1.74 bits per heavy atom. The Labute approximate surface area is 133 Å². The van der Waals surface area contributed by atoms with Crippen LogP contribution in [0.3, 0.4) is 0 Å². The summed E-state index contributed by atoms with van der Waals surface area (Å²) < 4.78 is 0. The third kappa shape index (κ3) is 4.28. The van der Waals surface area contributed by atoms with Crippen LogP contribution < -0.4 is 10.6 Å². The van der Waals surface area contributed by atoms with E-state index in [9.17, 15) is 19.7 Å². The van der Waals surface area contributed by atoms with Crippen LogP contribution in [-0.2, 0) is 0 Å². The van der Waals surface area contributed by atoms with Crippen molar-refractivity contribution in [3.05, 3.63) is 39.4 Å². The lowest BCUT2D eigenvalue weighted by Gasteiger charge is -2.08. The average Bonchev–Trinajstić information content (AvgIpc) is 3.44. The lowest BCUT2D eigenvalue weighted by Crippen LogP contribution is -2.28. The van der Waals surface area contributed by atoms with Crippen molar-refractivity contribution in [2.45, 2.75) is 25.7 Å². The standard InChI is InChI=1S/C16H19N3O4/c20-15(17-8-10-1-2-10)12-5-13(7-14(6-12)19(22)23)16(21)18-9-11-3-4-11/h5-7,10-11H,1-4,8-9H2,(H,17,20)(H,18,21). The lowest BCUT2D eigenvalue weighted by molar-refractivity contribution is -0.384. The number of hydrogen-bond donors (Lipinski definition) is 2. The van der Waals surface area contributed by atoms with Gasteiger partial charge in [-0.2, -0.15) is 0 Å². The second-order valence-electron chi connectivity index (χ2n) is 6.33. The summed E-state index contributed by atoms with van der Waals surface area (Å²) >= 11 is 0. The molecule has 2 fully saturated rings. The Hall–Kier alpha value is -2.44. The molecule has 2 saturated carbocycles. The average molecular weight is 317 g/mol. The number of amides is 2. The summed E-state index contributed by atoms with van der Waals surface area (Å²) in [5, 5.41) is 16.6. The second kappa shape index (κ2) is 6.36. The molecule has 122 valence electrons. The SMILES string of the molecule is O=C(NCC1CC1)c1cc(C(=O)NCC2CC2)cc([N+](=O)[O-])c1. The van der Waals surface area contributed by atoms with Crippen molar-refractivity contribution in [2.75, 3.05) is 13.1 Å². The molecule has 2 amide bonds. The molecule has 0 unspecified atom stereocenters. The minimum absolute atomic E-state index is 0.149. The van der Waals surface area contributed by atoms with E-state index in [4.69, 9.17) is 0 Å². The Morgan fingerprint density at radius 1 is 0.957 bits per heavy atom. The van der Waals surface area contributed by atoms with Crippen LogP contribution in [-0.4, -0.2) is 29.8 Å². The van der Waals surface area contributed by atoms with E-state index < -0.39 is 4.92 Å². The first-order chi connectivity index (χ1) is 11.0. The van der Waals surface area contributed by atoms with Crippen molar-refractivity contribution in [1.82, 2.24) is 10.6 Å². The first kappa shape index (κ1) is 15.5. The summed E-state index contributed by atoms with van der Waals surface area (Å²) in [6.45, 7) is 1.15. The van der Waals surface area contributed by atoms with Gasteiger partial charge in [0.25, 0.3) is 17.5 Å². The molecule has 0 spiro atoms. The van der Waals surface area contributed by atoms with Gasteiger partial charge in [0.15, 0.2) is 0 Å². The monoisotopic (exact) mass is 317 g/mol. The summed E-state index contributed by atoms with van der Waals surface area (Å²) in [4.78, 5) is 34.7. The van der Waals surface area contributed by atoms with E-state index in [1.54, 1.807) is 0 Å². The molecular formula is C16H19N3O4. The van der Waals surface area contributed by atoms with Crippen LogP contribution in [0, 0.1) is 22.0 Å². The number of nitrogens with one attached hydrogen (secondary N) is 2. The summed E-state index contributed by atoms with van der Waals surface area (Å²) in [6.07, 6.45) is 4.40. The van der Waals surface area contributed by atoms with Crippen molar-refractivity contribution in [3.63, 3.8) is 0 Å². The molecule has 0 bridgehead atoms. The highest BCUT2D eigenvalue weighted by molar-refractivity contribution is 6.00. The molecule has 7 heteroatoms. The van der Waals surface area contributed by atoms with Crippen LogP contribution in [0.2, 0.25) is 0 Å². The topological polar surface area (TPSA) is 101 Å². The van der Waals surface area contributed by atoms with Crippen LogP contribution in [0.25, 0.3) is 0 Å². The maximum absolute atomic E-state index is 12.1. The van der Waals surface area contributed by atoms with Crippen molar-refractivity contribution in [1.29, 1.82) is 0 Å². The minimum Gasteiger partial charge on any atom is -0.352 e. The number of benzene rings is 1. The van der Waals surface area contributed by atoms with Gasteiger partial charge in [-0.05, 0) is 43.6 Å². The van der Waals surface area contributed by atoms with Gasteiger partial charge in [0, 0.05) is 36.3 Å². The molecule has 2 N–H and O–H groups in total. The number of carbonyl (C=O) groups excluding carboxylic acids is 2. The molecular weight excluding hydrogens is 298 g/mol. The molecule has 0 aliphatic heterocycles. The Kier molecular flexibility index (Phi) is 4.27. The van der Waals surface area contributed by atoms with Gasteiger partial charge in [-0.25, -0.2) is 0 Å². The Bertz CT molecular complexity index is 604. The molecule has 0 heterocycles. The molecule has 7 nitrogen and oxygen atoms in total. The van der Waals surface area contributed by atoms with E-state index in [0.29, 0.717) is 24.9 Å². The Balaban J connectivity index is 1.74. The molecule has 23 heavy (non-hydrogen) atoms. The predicted molar refractivity (Wildman–Crippen MR) is 83.2 cm³/mol. The van der Waals surface area contributed by atoms with Gasteiger partial charge in [-0.15, -0.1) is 0 Å². The fourth-order valence-electron chi connectivity index (χ4n) is 2.30. The van der Waals surface area contributed by atoms with Crippen molar-refractivity contribution in [2.24, 2.45) is 11.8 Å². The maximum Gasteiger partial charge on any atom is 0.271 e. The van der Waals surface area contributed by atoms with Gasteiger partial charge in [-0.3, -0.25) is 19.7 Å². The Morgan fingerprint density at radius 2 is 1.39 bits per heavy atom. The number of nitrogens with zero attached hydrogens (tertiary/aromatic N) is 1. The highest BCUT2D eigenvalue weighted by atomic mass is 16.6. The molecule has 0 atom stereocenters. The zero-order chi connectivity index (χ0) is 16.4. The summed E-state index contributed by atoms with van der Waals surface area (Å²) in [6, 6.07) is 3.83. The number of hydrogen-bond acceptors (Lipinski definition) is 4.